The maximum Gasteiger partial charge on any atom is 0.441 e. The number of alkyl halides is 3. The van der Waals surface area contributed by atoms with Crippen molar-refractivity contribution >= 4 is 23.8 Å². The van der Waals surface area contributed by atoms with Crippen LogP contribution in [0.3, 0.4) is 0 Å². The van der Waals surface area contributed by atoms with Crippen molar-refractivity contribution in [3.63, 3.8) is 0 Å². The van der Waals surface area contributed by atoms with Gasteiger partial charge in [-0.15, -0.1) is 0 Å². The van der Waals surface area contributed by atoms with Gasteiger partial charge >= 0.3 is 17.5 Å². The van der Waals surface area contributed by atoms with Gasteiger partial charge in [0.05, 0.1) is 6.61 Å². The molecule has 0 heterocycles. The number of carboxylic acids is 1. The van der Waals surface area contributed by atoms with E-state index in [4.69, 9.17) is 10.2 Å². The highest BCUT2D eigenvalue weighted by Gasteiger charge is 2.27. The topological polar surface area (TPSA) is 98.7 Å². The first kappa shape index (κ1) is 15.8. The van der Waals surface area contributed by atoms with Crippen molar-refractivity contribution in [3.8, 4) is 0 Å². The molecule has 0 aliphatic heterocycles. The Hall–Kier alpha value is -1.16. The molecule has 0 radical (unpaired) electrons. The molecule has 0 aliphatic carbocycles. The normalized spacial score (nSPS) is 12.9. The van der Waals surface area contributed by atoms with E-state index >= 15 is 0 Å². The SMILES string of the molecule is O=C(NCCSC(F)(F)F)NC(CO)C(=O)O. The largest absolute Gasteiger partial charge is 0.480 e. The van der Waals surface area contributed by atoms with Crippen molar-refractivity contribution in [1.29, 1.82) is 0 Å². The number of thioether (sulfide) groups is 1. The number of carboxylic acid groups (broad SMARTS) is 1. The highest BCUT2D eigenvalue weighted by molar-refractivity contribution is 8.00. The monoisotopic (exact) mass is 276 g/mol. The maximum absolute atomic E-state index is 11.7. The number of aliphatic carboxylic acids is 1. The van der Waals surface area contributed by atoms with E-state index in [-0.39, 0.29) is 24.1 Å². The van der Waals surface area contributed by atoms with Crippen LogP contribution >= 0.6 is 11.8 Å². The number of carbonyl (C=O) groups is 2. The fourth-order valence-corrected chi connectivity index (χ4v) is 1.16. The second-order valence-corrected chi connectivity index (χ2v) is 3.93. The van der Waals surface area contributed by atoms with Crippen molar-refractivity contribution < 1.29 is 33.0 Å². The van der Waals surface area contributed by atoms with Gasteiger partial charge in [0.25, 0.3) is 0 Å². The van der Waals surface area contributed by atoms with Gasteiger partial charge in [-0.3, -0.25) is 0 Å². The first-order valence-corrected chi connectivity index (χ1v) is 5.33. The third-order valence-electron chi connectivity index (χ3n) is 1.44. The summed E-state index contributed by atoms with van der Waals surface area (Å²) >= 11 is -0.302. The van der Waals surface area contributed by atoms with Crippen LogP contribution in [0.2, 0.25) is 0 Å². The lowest BCUT2D eigenvalue weighted by Gasteiger charge is -2.12. The lowest BCUT2D eigenvalue weighted by molar-refractivity contribution is -0.140. The molecule has 0 spiro atoms. The molecule has 4 N–H and O–H groups in total. The molecule has 6 nitrogen and oxygen atoms in total. The fraction of sp³-hybridized carbons (Fsp3) is 0.714. The van der Waals surface area contributed by atoms with Gasteiger partial charge in [0.1, 0.15) is 0 Å². The molecule has 0 bridgehead atoms. The Balaban J connectivity index is 3.77. The van der Waals surface area contributed by atoms with Crippen molar-refractivity contribution in [3.05, 3.63) is 0 Å². The van der Waals surface area contributed by atoms with Crippen molar-refractivity contribution in [1.82, 2.24) is 10.6 Å². The van der Waals surface area contributed by atoms with E-state index < -0.39 is 30.2 Å². The second-order valence-electron chi connectivity index (χ2n) is 2.77. The van der Waals surface area contributed by atoms with Gasteiger partial charge in [0.2, 0.25) is 0 Å². The summed E-state index contributed by atoms with van der Waals surface area (Å²) in [6.45, 7) is -1.08. The van der Waals surface area contributed by atoms with E-state index in [0.29, 0.717) is 0 Å². The third-order valence-corrected chi connectivity index (χ3v) is 2.17. The van der Waals surface area contributed by atoms with Gasteiger partial charge in [0, 0.05) is 12.3 Å². The number of carbonyl (C=O) groups excluding carboxylic acids is 1. The summed E-state index contributed by atoms with van der Waals surface area (Å²) in [4.78, 5) is 21.3. The van der Waals surface area contributed by atoms with Gasteiger partial charge in [-0.2, -0.15) is 13.2 Å². The summed E-state index contributed by atoms with van der Waals surface area (Å²) in [5.74, 6) is -1.82. The first-order valence-electron chi connectivity index (χ1n) is 4.35. The van der Waals surface area contributed by atoms with E-state index in [1.54, 1.807) is 0 Å². The number of aliphatic hydroxyl groups excluding tert-OH is 1. The van der Waals surface area contributed by atoms with Crippen LogP contribution in [0, 0.1) is 0 Å². The highest BCUT2D eigenvalue weighted by Crippen LogP contribution is 2.29. The quantitative estimate of drug-likeness (QED) is 0.511. The summed E-state index contributed by atoms with van der Waals surface area (Å²) in [6.07, 6.45) is 0. The fourth-order valence-electron chi connectivity index (χ4n) is 0.726. The molecule has 10 heteroatoms. The lowest BCUT2D eigenvalue weighted by atomic mass is 10.3. The van der Waals surface area contributed by atoms with E-state index in [9.17, 15) is 22.8 Å². The number of aliphatic hydroxyl groups is 1. The predicted molar refractivity (Wildman–Crippen MR) is 53.6 cm³/mol. The third kappa shape index (κ3) is 8.63. The van der Waals surface area contributed by atoms with Crippen LogP contribution in [-0.4, -0.2) is 52.7 Å². The molecule has 1 atom stereocenters. The van der Waals surface area contributed by atoms with Crippen molar-refractivity contribution in [2.75, 3.05) is 18.9 Å². The molecule has 100 valence electrons. The van der Waals surface area contributed by atoms with E-state index in [2.05, 4.69) is 0 Å². The number of rotatable bonds is 6. The Morgan fingerprint density at radius 2 is 1.94 bits per heavy atom. The van der Waals surface area contributed by atoms with Crippen molar-refractivity contribution in [2.45, 2.75) is 11.6 Å². The van der Waals surface area contributed by atoms with Crippen molar-refractivity contribution in [2.24, 2.45) is 0 Å². The van der Waals surface area contributed by atoms with Gasteiger partial charge in [-0.1, -0.05) is 0 Å². The molecule has 1 unspecified atom stereocenters. The maximum atomic E-state index is 11.7. The molecule has 0 aromatic carbocycles. The van der Waals surface area contributed by atoms with Crippen LogP contribution in [0.1, 0.15) is 0 Å². The summed E-state index contributed by atoms with van der Waals surface area (Å²) in [5, 5.41) is 20.9. The lowest BCUT2D eigenvalue weighted by Crippen LogP contribution is -2.48. The zero-order valence-corrected chi connectivity index (χ0v) is 9.27. The standard InChI is InChI=1S/C7H11F3N2O4S/c8-7(9,10)17-2-1-11-6(16)12-4(3-13)5(14)15/h4,13H,1-3H2,(H,14,15)(H2,11,12,16). The van der Waals surface area contributed by atoms with Crippen LogP contribution in [0.25, 0.3) is 0 Å². The average Bonchev–Trinajstić information content (AvgIpc) is 2.19. The Kier molecular flexibility index (Phi) is 6.73. The van der Waals surface area contributed by atoms with Crippen LogP contribution in [0.5, 0.6) is 0 Å². The van der Waals surface area contributed by atoms with Crippen LogP contribution in [0.4, 0.5) is 18.0 Å². The average molecular weight is 276 g/mol. The highest BCUT2D eigenvalue weighted by atomic mass is 32.2. The summed E-state index contributed by atoms with van der Waals surface area (Å²) < 4.78 is 35.0. The molecule has 0 aromatic rings. The molecule has 0 aromatic heterocycles. The number of halogens is 3. The predicted octanol–water partition coefficient (Wildman–Crippen LogP) is -0.0159. The summed E-state index contributed by atoms with van der Waals surface area (Å²) in [5.41, 5.74) is -4.37. The van der Waals surface area contributed by atoms with E-state index in [1.807, 2.05) is 10.6 Å². The zero-order chi connectivity index (χ0) is 13.5. The Labute approximate surface area is 98.6 Å². The molecule has 0 saturated carbocycles. The molecule has 0 rings (SSSR count). The number of hydrogen-bond acceptors (Lipinski definition) is 4. The number of hydrogen-bond donors (Lipinski definition) is 4. The first-order chi connectivity index (χ1) is 7.76. The summed E-state index contributed by atoms with van der Waals surface area (Å²) in [7, 11) is 0. The Morgan fingerprint density at radius 3 is 2.35 bits per heavy atom. The molecule has 0 fully saturated rings. The zero-order valence-electron chi connectivity index (χ0n) is 8.45. The van der Waals surface area contributed by atoms with Crippen LogP contribution in [0.15, 0.2) is 0 Å². The molecular formula is C7H11F3N2O4S. The molecular weight excluding hydrogens is 265 g/mol. The van der Waals surface area contributed by atoms with Crippen LogP contribution in [-0.2, 0) is 4.79 Å². The van der Waals surface area contributed by atoms with Gasteiger partial charge < -0.3 is 20.8 Å². The number of amides is 2. The minimum absolute atomic E-state index is 0.270. The number of urea groups is 1. The molecule has 2 amide bonds. The van der Waals surface area contributed by atoms with Gasteiger partial charge in [0.15, 0.2) is 6.04 Å². The summed E-state index contributed by atoms with van der Waals surface area (Å²) in [6, 6.07) is -2.43. The van der Waals surface area contributed by atoms with Gasteiger partial charge in [-0.05, 0) is 11.8 Å². The second kappa shape index (κ2) is 7.22. The Morgan fingerprint density at radius 1 is 1.35 bits per heavy atom. The molecule has 0 saturated heterocycles. The van der Waals surface area contributed by atoms with E-state index in [0.717, 1.165) is 0 Å². The smallest absolute Gasteiger partial charge is 0.441 e. The minimum Gasteiger partial charge on any atom is -0.480 e. The molecule has 0 aliphatic rings. The van der Waals surface area contributed by atoms with Gasteiger partial charge in [-0.25, -0.2) is 9.59 Å². The Bertz CT molecular complexity index is 274. The van der Waals surface area contributed by atoms with Crippen LogP contribution < -0.4 is 10.6 Å². The minimum atomic E-state index is -4.37. The number of nitrogens with one attached hydrogen (secondary N) is 2. The molecule has 17 heavy (non-hydrogen) atoms. The van der Waals surface area contributed by atoms with E-state index in [1.165, 1.54) is 0 Å².